The predicted octanol–water partition coefficient (Wildman–Crippen LogP) is 2.05. The van der Waals surface area contributed by atoms with E-state index in [4.69, 9.17) is 4.74 Å². The van der Waals surface area contributed by atoms with Crippen molar-refractivity contribution in [3.63, 3.8) is 0 Å². The van der Waals surface area contributed by atoms with Gasteiger partial charge in [-0.25, -0.2) is 8.42 Å². The zero-order chi connectivity index (χ0) is 15.3. The van der Waals surface area contributed by atoms with Crippen LogP contribution in [-0.4, -0.2) is 45.1 Å². The molecular weight excluding hydrogens is 308 g/mol. The second-order valence-corrected chi connectivity index (χ2v) is 8.29. The smallest absolute Gasteiger partial charge is 0.252 e. The molecule has 1 aromatic heterocycles. The van der Waals surface area contributed by atoms with E-state index < -0.39 is 10.0 Å². The Morgan fingerprint density at radius 2 is 2.29 bits per heavy atom. The standard InChI is InChI=1S/C14H24N2O3S2/c1-3-5-15-9-12-8-14(20-11-12)21(17,18)16-6-7-19-13(4-2)10-16/h8,11,13,15H,3-7,9-10H2,1-2H3. The van der Waals surface area contributed by atoms with Gasteiger partial charge in [-0.05, 0) is 36.4 Å². The van der Waals surface area contributed by atoms with Gasteiger partial charge in [0.1, 0.15) is 4.21 Å². The SMILES string of the molecule is CCCNCc1csc(S(=O)(=O)N2CCOC(CC)C2)c1. The lowest BCUT2D eigenvalue weighted by Crippen LogP contribution is -2.45. The van der Waals surface area contributed by atoms with Crippen LogP contribution in [0.2, 0.25) is 0 Å². The van der Waals surface area contributed by atoms with Gasteiger partial charge < -0.3 is 10.1 Å². The molecule has 2 rings (SSSR count). The van der Waals surface area contributed by atoms with Gasteiger partial charge in [0.05, 0.1) is 12.7 Å². The molecule has 1 aromatic rings. The van der Waals surface area contributed by atoms with Crippen LogP contribution in [0, 0.1) is 0 Å². The second kappa shape index (κ2) is 7.69. The zero-order valence-electron chi connectivity index (χ0n) is 12.7. The Balaban J connectivity index is 2.05. The van der Waals surface area contributed by atoms with Crippen LogP contribution < -0.4 is 5.32 Å². The first-order chi connectivity index (χ1) is 10.1. The van der Waals surface area contributed by atoms with Crippen molar-refractivity contribution in [2.75, 3.05) is 26.2 Å². The highest BCUT2D eigenvalue weighted by Gasteiger charge is 2.31. The van der Waals surface area contributed by atoms with Crippen LogP contribution in [0.5, 0.6) is 0 Å². The van der Waals surface area contributed by atoms with E-state index in [-0.39, 0.29) is 6.10 Å². The molecule has 1 aliphatic rings. The summed E-state index contributed by atoms with van der Waals surface area (Å²) in [6.45, 7) is 7.18. The number of morpholine rings is 1. The quantitative estimate of drug-likeness (QED) is 0.777. The molecule has 0 radical (unpaired) electrons. The number of hydrogen-bond acceptors (Lipinski definition) is 5. The molecule has 1 atom stereocenters. The van der Waals surface area contributed by atoms with Gasteiger partial charge in [-0.2, -0.15) is 4.31 Å². The first-order valence-corrected chi connectivity index (χ1v) is 9.79. The van der Waals surface area contributed by atoms with Gasteiger partial charge in [0, 0.05) is 19.6 Å². The molecule has 0 aliphatic carbocycles. The fraction of sp³-hybridized carbons (Fsp3) is 0.714. The summed E-state index contributed by atoms with van der Waals surface area (Å²) in [7, 11) is -3.37. The number of thiophene rings is 1. The fourth-order valence-corrected chi connectivity index (χ4v) is 5.09. The van der Waals surface area contributed by atoms with E-state index in [0.717, 1.165) is 31.5 Å². The molecule has 1 fully saturated rings. The molecule has 7 heteroatoms. The van der Waals surface area contributed by atoms with Gasteiger partial charge in [0.15, 0.2) is 0 Å². The number of sulfonamides is 1. The van der Waals surface area contributed by atoms with Crippen molar-refractivity contribution in [2.24, 2.45) is 0 Å². The van der Waals surface area contributed by atoms with Crippen LogP contribution in [0.25, 0.3) is 0 Å². The lowest BCUT2D eigenvalue weighted by molar-refractivity contribution is -0.00272. The molecule has 1 N–H and O–H groups in total. The highest BCUT2D eigenvalue weighted by atomic mass is 32.2. The Hall–Kier alpha value is -0.470. The number of ether oxygens (including phenoxy) is 1. The van der Waals surface area contributed by atoms with Crippen LogP contribution >= 0.6 is 11.3 Å². The van der Waals surface area contributed by atoms with Crippen molar-refractivity contribution >= 4 is 21.4 Å². The number of hydrogen-bond donors (Lipinski definition) is 1. The highest BCUT2D eigenvalue weighted by molar-refractivity contribution is 7.91. The first kappa shape index (κ1) is 16.9. The molecule has 120 valence electrons. The van der Waals surface area contributed by atoms with Gasteiger partial charge in [0.2, 0.25) is 0 Å². The van der Waals surface area contributed by atoms with Gasteiger partial charge in [0.25, 0.3) is 10.0 Å². The highest BCUT2D eigenvalue weighted by Crippen LogP contribution is 2.25. The van der Waals surface area contributed by atoms with Gasteiger partial charge in [-0.3, -0.25) is 0 Å². The van der Waals surface area contributed by atoms with Crippen LogP contribution in [0.3, 0.4) is 0 Å². The Labute approximate surface area is 131 Å². The van der Waals surface area contributed by atoms with Gasteiger partial charge in [-0.15, -0.1) is 11.3 Å². The molecular formula is C14H24N2O3S2. The summed E-state index contributed by atoms with van der Waals surface area (Å²) in [4.78, 5) is 0. The van der Waals surface area contributed by atoms with E-state index in [1.807, 2.05) is 12.3 Å². The van der Waals surface area contributed by atoms with E-state index in [2.05, 4.69) is 12.2 Å². The zero-order valence-corrected chi connectivity index (χ0v) is 14.3. The summed E-state index contributed by atoms with van der Waals surface area (Å²) < 4.78 is 32.8. The minimum Gasteiger partial charge on any atom is -0.375 e. The van der Waals surface area contributed by atoms with Crippen molar-refractivity contribution in [3.8, 4) is 0 Å². The number of rotatable bonds is 7. The average molecular weight is 332 g/mol. The summed E-state index contributed by atoms with van der Waals surface area (Å²) in [5, 5.41) is 5.21. The van der Waals surface area contributed by atoms with E-state index in [1.54, 1.807) is 10.4 Å². The first-order valence-electron chi connectivity index (χ1n) is 7.47. The van der Waals surface area contributed by atoms with E-state index in [0.29, 0.717) is 23.9 Å². The summed E-state index contributed by atoms with van der Waals surface area (Å²) in [6, 6.07) is 1.79. The van der Waals surface area contributed by atoms with E-state index in [9.17, 15) is 8.42 Å². The summed E-state index contributed by atoms with van der Waals surface area (Å²) >= 11 is 1.31. The molecule has 1 saturated heterocycles. The normalized spacial score (nSPS) is 20.8. The van der Waals surface area contributed by atoms with Crippen LogP contribution in [0.1, 0.15) is 32.3 Å². The van der Waals surface area contributed by atoms with Crippen molar-refractivity contribution in [1.29, 1.82) is 0 Å². The lowest BCUT2D eigenvalue weighted by Gasteiger charge is -2.31. The Bertz CT molecular complexity index is 542. The molecule has 0 aromatic carbocycles. The fourth-order valence-electron chi connectivity index (χ4n) is 2.28. The molecule has 1 unspecified atom stereocenters. The minimum absolute atomic E-state index is 0.0131. The molecule has 0 spiro atoms. The molecule has 5 nitrogen and oxygen atoms in total. The Morgan fingerprint density at radius 3 is 3.00 bits per heavy atom. The summed E-state index contributed by atoms with van der Waals surface area (Å²) in [5.41, 5.74) is 1.03. The molecule has 1 aliphatic heterocycles. The largest absolute Gasteiger partial charge is 0.375 e. The van der Waals surface area contributed by atoms with Gasteiger partial charge >= 0.3 is 0 Å². The van der Waals surface area contributed by atoms with Crippen molar-refractivity contribution in [1.82, 2.24) is 9.62 Å². The maximum atomic E-state index is 12.7. The molecule has 21 heavy (non-hydrogen) atoms. The van der Waals surface area contributed by atoms with E-state index in [1.165, 1.54) is 11.3 Å². The monoisotopic (exact) mass is 332 g/mol. The molecule has 0 amide bonds. The second-order valence-electron chi connectivity index (χ2n) is 5.21. The third-order valence-corrected chi connectivity index (χ3v) is 6.87. The maximum Gasteiger partial charge on any atom is 0.252 e. The van der Waals surface area contributed by atoms with Crippen molar-refractivity contribution < 1.29 is 13.2 Å². The van der Waals surface area contributed by atoms with Crippen molar-refractivity contribution in [3.05, 3.63) is 17.0 Å². The topological polar surface area (TPSA) is 58.6 Å². The Kier molecular flexibility index (Phi) is 6.19. The number of nitrogens with one attached hydrogen (secondary N) is 1. The summed E-state index contributed by atoms with van der Waals surface area (Å²) in [5.74, 6) is 0. The van der Waals surface area contributed by atoms with Crippen LogP contribution in [-0.2, 0) is 21.3 Å². The number of nitrogens with zero attached hydrogens (tertiary/aromatic N) is 1. The average Bonchev–Trinajstić information content (AvgIpc) is 2.97. The van der Waals surface area contributed by atoms with Crippen molar-refractivity contribution in [2.45, 2.75) is 43.5 Å². The lowest BCUT2D eigenvalue weighted by atomic mass is 10.2. The Morgan fingerprint density at radius 1 is 1.48 bits per heavy atom. The summed E-state index contributed by atoms with van der Waals surface area (Å²) in [6.07, 6.45) is 1.92. The predicted molar refractivity (Wildman–Crippen MR) is 85.1 cm³/mol. The third-order valence-electron chi connectivity index (χ3n) is 3.54. The molecule has 0 saturated carbocycles. The maximum absolute atomic E-state index is 12.7. The molecule has 0 bridgehead atoms. The third kappa shape index (κ3) is 4.26. The molecule has 2 heterocycles. The minimum atomic E-state index is -3.37. The van der Waals surface area contributed by atoms with E-state index >= 15 is 0 Å². The van der Waals surface area contributed by atoms with Crippen LogP contribution in [0.4, 0.5) is 0 Å². The van der Waals surface area contributed by atoms with Gasteiger partial charge in [-0.1, -0.05) is 13.8 Å². The van der Waals surface area contributed by atoms with Crippen LogP contribution in [0.15, 0.2) is 15.7 Å².